The Morgan fingerprint density at radius 1 is 0.624 bits per heavy atom. The van der Waals surface area contributed by atoms with Crippen LogP contribution in [0.1, 0.15) is 113 Å². The molecule has 2 aliphatic rings. The smallest absolute Gasteiger partial charge is 0.407 e. The summed E-state index contributed by atoms with van der Waals surface area (Å²) in [5.74, 6) is -8.93. The van der Waals surface area contributed by atoms with Crippen molar-refractivity contribution in [1.29, 1.82) is 0 Å². The van der Waals surface area contributed by atoms with Crippen LogP contribution in [0.3, 0.4) is 0 Å². The lowest BCUT2D eigenvalue weighted by atomic mass is 9.84. The second-order valence-electron chi connectivity index (χ2n) is 28.5. The molecule has 13 N–H and O–H groups in total. The van der Waals surface area contributed by atoms with E-state index in [4.69, 9.17) is 10.5 Å². The number of unbranched alkanes of at least 4 members (excludes halogenated alkanes) is 1. The van der Waals surface area contributed by atoms with Gasteiger partial charge in [0.15, 0.2) is 5.78 Å². The molecule has 0 saturated carbocycles. The van der Waals surface area contributed by atoms with Crippen LogP contribution >= 0.6 is 33.3 Å². The number of fused-ring (bicyclic) bond motifs is 1. The number of para-hydroxylation sites is 1. The lowest BCUT2D eigenvalue weighted by Crippen LogP contribution is -2.63. The highest BCUT2D eigenvalue weighted by molar-refractivity contribution is 8.76. The number of hydrogen-bond donors (Lipinski definition) is 12. The van der Waals surface area contributed by atoms with Gasteiger partial charge in [-0.25, -0.2) is 9.59 Å². The van der Waals surface area contributed by atoms with Crippen molar-refractivity contribution in [1.82, 2.24) is 42.5 Å². The number of anilines is 1. The minimum atomic E-state index is -1.83. The molecule has 9 rings (SSSR count). The number of thioether (sulfide) groups is 1. The quantitative estimate of drug-likeness (QED) is 0.0144. The molecular weight excluding hydrogens is 1440 g/mol. The lowest BCUT2D eigenvalue weighted by Gasteiger charge is -2.44. The summed E-state index contributed by atoms with van der Waals surface area (Å²) in [6, 6.07) is 48.5. The molecule has 0 spiro atoms. The summed E-state index contributed by atoms with van der Waals surface area (Å²) in [6.45, 7) is 10.0. The van der Waals surface area contributed by atoms with E-state index in [9.17, 15) is 24.6 Å². The van der Waals surface area contributed by atoms with Gasteiger partial charge in [0.05, 0.1) is 16.9 Å². The number of aliphatic hydroxyl groups is 1. The van der Waals surface area contributed by atoms with E-state index in [0.29, 0.717) is 28.8 Å². The number of carbonyl (C=O) groups excluding carboxylic acids is 10. The number of urea groups is 1. The fourth-order valence-corrected chi connectivity index (χ4v) is 17.3. The van der Waals surface area contributed by atoms with Crippen molar-refractivity contribution in [3.63, 3.8) is 0 Å². The van der Waals surface area contributed by atoms with Crippen LogP contribution < -0.4 is 53.6 Å². The molecule has 1 heterocycles. The molecule has 0 aromatic heterocycles. The summed E-state index contributed by atoms with van der Waals surface area (Å²) < 4.78 is 3.07. The van der Waals surface area contributed by atoms with E-state index in [1.54, 1.807) is 107 Å². The van der Waals surface area contributed by atoms with Gasteiger partial charge < -0.3 is 68.5 Å². The molecule has 1 aliphatic heterocycles. The molecular formula is C83H96N10O13S3. The van der Waals surface area contributed by atoms with Crippen molar-refractivity contribution in [2.45, 2.75) is 156 Å². The number of aromatic hydroxyl groups is 1. The van der Waals surface area contributed by atoms with E-state index in [1.807, 2.05) is 121 Å². The first kappa shape index (κ1) is 82.6. The normalized spacial score (nSPS) is 19.3. The molecule has 0 unspecified atom stereocenters. The topological polar surface area (TPSA) is 355 Å². The zero-order valence-corrected chi connectivity index (χ0v) is 64.2. The predicted molar refractivity (Wildman–Crippen MR) is 427 cm³/mol. The van der Waals surface area contributed by atoms with Gasteiger partial charge in [-0.1, -0.05) is 204 Å². The van der Waals surface area contributed by atoms with Crippen LogP contribution in [-0.2, 0) is 67.1 Å². The Morgan fingerprint density at radius 3 is 1.78 bits per heavy atom. The van der Waals surface area contributed by atoms with Gasteiger partial charge in [0.1, 0.15) is 47.6 Å². The molecule has 0 bridgehead atoms. The van der Waals surface area contributed by atoms with Gasteiger partial charge in [0.25, 0.3) is 0 Å². The molecule has 574 valence electrons. The average molecular weight is 1540 g/mol. The van der Waals surface area contributed by atoms with Gasteiger partial charge in [0.2, 0.25) is 41.4 Å². The largest absolute Gasteiger partial charge is 0.508 e. The number of allylic oxidation sites excluding steroid dienone is 1. The fraction of sp³-hybridized carbons (Fsp3) is 0.349. The predicted octanol–water partition coefficient (Wildman–Crippen LogP) is 9.34. The van der Waals surface area contributed by atoms with Crippen molar-refractivity contribution < 1.29 is 62.9 Å². The fourth-order valence-electron chi connectivity index (χ4n) is 13.1. The summed E-state index contributed by atoms with van der Waals surface area (Å²) in [7, 11) is 1.98. The van der Waals surface area contributed by atoms with E-state index < -0.39 is 135 Å². The Bertz CT molecular complexity index is 4210. The zero-order valence-electron chi connectivity index (χ0n) is 61.8. The third kappa shape index (κ3) is 23.8. The number of nitrogens with one attached hydrogen (secondary N) is 9. The van der Waals surface area contributed by atoms with Gasteiger partial charge in [-0.3, -0.25) is 38.4 Å². The molecule has 1 fully saturated rings. The molecule has 9 atom stereocenters. The number of ether oxygens (including phenoxy) is 1. The third-order valence-electron chi connectivity index (χ3n) is 18.6. The summed E-state index contributed by atoms with van der Waals surface area (Å²) in [4.78, 5) is 148. The van der Waals surface area contributed by atoms with Crippen molar-refractivity contribution in [3.8, 4) is 5.75 Å². The highest BCUT2D eigenvalue weighted by Crippen LogP contribution is 2.54. The van der Waals surface area contributed by atoms with Crippen molar-refractivity contribution in [2.24, 2.45) is 11.7 Å². The van der Waals surface area contributed by atoms with Gasteiger partial charge in [-0.05, 0) is 142 Å². The maximum absolute atomic E-state index is 15.6. The number of nitrogens with two attached hydrogens (primary N) is 1. The maximum atomic E-state index is 15.6. The molecule has 1 aliphatic carbocycles. The van der Waals surface area contributed by atoms with E-state index in [2.05, 4.69) is 47.9 Å². The Morgan fingerprint density at radius 2 is 1.18 bits per heavy atom. The number of alkyl carbamates (subject to hydrolysis) is 1. The minimum Gasteiger partial charge on any atom is -0.508 e. The summed E-state index contributed by atoms with van der Waals surface area (Å²) in [5.41, 5.74) is 12.2. The molecule has 7 aromatic rings. The number of amides is 10. The van der Waals surface area contributed by atoms with Gasteiger partial charge in [0, 0.05) is 53.7 Å². The molecule has 23 nitrogen and oxygen atoms in total. The van der Waals surface area contributed by atoms with Crippen LogP contribution in [0.2, 0.25) is 0 Å². The van der Waals surface area contributed by atoms with Gasteiger partial charge in [-0.2, -0.15) is 0 Å². The molecule has 26 heteroatoms. The van der Waals surface area contributed by atoms with E-state index in [0.717, 1.165) is 49.4 Å². The maximum Gasteiger partial charge on any atom is 0.407 e. The number of carbonyl (C=O) groups is 10. The number of benzene rings is 7. The monoisotopic (exact) mass is 1540 g/mol. The highest BCUT2D eigenvalue weighted by Gasteiger charge is 2.48. The third-order valence-corrected chi connectivity index (χ3v) is 22.8. The van der Waals surface area contributed by atoms with Crippen molar-refractivity contribution in [3.05, 3.63) is 245 Å². The van der Waals surface area contributed by atoms with Gasteiger partial charge in [-0.15, -0.1) is 11.8 Å². The van der Waals surface area contributed by atoms with Crippen LogP contribution in [0.4, 0.5) is 15.3 Å². The van der Waals surface area contributed by atoms with Gasteiger partial charge >= 0.3 is 12.1 Å². The first-order chi connectivity index (χ1) is 52.2. The van der Waals surface area contributed by atoms with E-state index in [-0.39, 0.29) is 62.3 Å². The standard InChI is InChI=1S/C83H96N10O13S3/c1-52(94)70-78(103)90-68(77(102)93-71(72(84)97)82(5,6)109-83(58-29-14-8-15-30-58,59-31-16-9-17-32-59)60-33-18-10-19-34-60)51-108-107-50-67(89-75(100)65(47-53-26-12-7-13-27-53)91-79(104)86-61-35-20-11-21-36-61)69(96)49-57(46-54-39-43-62(95)44-40-54)73(98)88-66(48-56-42-41-55-28-22-23-37-63(55)56)76(101)87-64(74(99)92-70)38-24-25-45-85-80(105)106-81(2,3)4/h7-23,26-37,39-40,42-44,52,57,64-68,70-71,94-95H,24-25,38,41,45-51H2,1-6H3,(H2,84,97)(H,85,105)(H,87,101)(H,88,98)(H,89,100)(H,90,103)(H,92,99)(H,93,102)(H2,86,91,104)/t52-,57-,64+,65-,66-,67+,68+,70+,71-/m1/s1. The zero-order chi connectivity index (χ0) is 78.3. The Balaban J connectivity index is 1.11. The number of aliphatic hydroxyl groups excluding tert-OH is 1. The first-order valence-corrected chi connectivity index (χ1v) is 39.6. The molecule has 10 amide bonds. The number of primary amides is 1. The molecule has 7 aromatic carbocycles. The second kappa shape index (κ2) is 39.1. The Kier molecular flexibility index (Phi) is 29.6. The first-order valence-electron chi connectivity index (χ1n) is 36.3. The van der Waals surface area contributed by atoms with Crippen molar-refractivity contribution in [2.75, 3.05) is 23.4 Å². The van der Waals surface area contributed by atoms with Crippen LogP contribution in [0.15, 0.2) is 206 Å². The van der Waals surface area contributed by atoms with Crippen LogP contribution in [0.25, 0.3) is 5.57 Å². The van der Waals surface area contributed by atoms with Crippen LogP contribution in [-0.4, -0.2) is 146 Å². The molecule has 0 radical (unpaired) electrons. The molecule has 109 heavy (non-hydrogen) atoms. The Hall–Kier alpha value is -10.4. The average Bonchev–Trinajstić information content (AvgIpc) is 1.20. The number of Topliss-reactive ketones (excluding diaryl/α,β-unsaturated/α-hetero) is 1. The minimum absolute atomic E-state index is 0.0438. The van der Waals surface area contributed by atoms with Crippen molar-refractivity contribution >= 4 is 104 Å². The Labute approximate surface area is 647 Å². The second-order valence-corrected chi connectivity index (χ2v) is 33.0. The number of ketones is 1. The van der Waals surface area contributed by atoms with E-state index >= 15 is 33.6 Å². The molecule has 1 saturated heterocycles. The summed E-state index contributed by atoms with van der Waals surface area (Å²) in [5, 5.41) is 47.2. The number of hydrogen-bond acceptors (Lipinski definition) is 16. The summed E-state index contributed by atoms with van der Waals surface area (Å²) >= 11 is 1.37. The van der Waals surface area contributed by atoms with Crippen LogP contribution in [0.5, 0.6) is 5.75 Å². The number of phenolic OH excluding ortho intramolecular Hbond substituents is 1. The summed E-state index contributed by atoms with van der Waals surface area (Å²) in [6.07, 6.45) is -0.495. The SMILES string of the molecule is C[C@@H](O)[C@@H]1NC(=O)[C@H](CCCCNC(=O)OC(C)(C)C)NC(=O)[C@@H](CC2=CCc3ccccc32)NC(=O)[C@H](Cc2ccc(O)cc2)CC(=O)[C@@H](NC(=O)[C@@H](Cc2ccccc2)NC(=O)Nc2ccccc2)CSSC[C@@H](C(=O)N[C@H](C(N)=O)C(C)(C)SC(c2ccccc2)(c2ccccc2)c2ccccc2)NC1=O. The highest BCUT2D eigenvalue weighted by atomic mass is 33.1. The van der Waals surface area contributed by atoms with Crippen LogP contribution in [0, 0.1) is 5.92 Å². The number of rotatable bonds is 25. The van der Waals surface area contributed by atoms with E-state index in [1.165, 1.54) is 30.8 Å². The lowest BCUT2D eigenvalue weighted by molar-refractivity contribution is -0.137. The number of phenols is 1.